The number of carbonyl (C=O) groups is 2. The molecule has 1 aromatic heterocycles. The van der Waals surface area contributed by atoms with Crippen LogP contribution in [-0.4, -0.2) is 113 Å². The van der Waals surface area contributed by atoms with Crippen molar-refractivity contribution in [3.8, 4) is 11.4 Å². The molecule has 0 spiro atoms. The summed E-state index contributed by atoms with van der Waals surface area (Å²) >= 11 is 6.45. The first-order valence-electron chi connectivity index (χ1n) is 15.8. The van der Waals surface area contributed by atoms with Crippen LogP contribution in [0.4, 0.5) is 17.6 Å². The zero-order valence-electron chi connectivity index (χ0n) is 29.5. The number of alkyl halides is 4. The zero-order chi connectivity index (χ0) is 38.5. The molecule has 0 aliphatic carbocycles. The number of aromatic nitrogens is 3. The molecule has 280 valence electrons. The fourth-order valence-corrected chi connectivity index (χ4v) is 5.28. The number of aliphatic hydroxyl groups is 1. The average molecular weight is 740 g/mol. The van der Waals surface area contributed by atoms with Gasteiger partial charge in [0.25, 0.3) is 5.91 Å². The molecule has 2 atom stereocenters. The van der Waals surface area contributed by atoms with E-state index in [2.05, 4.69) is 53.0 Å². The van der Waals surface area contributed by atoms with Crippen molar-refractivity contribution in [3.63, 3.8) is 0 Å². The fraction of sp³-hybridized carbons (Fsp3) is 0.471. The minimum Gasteiger partial charge on any atom is -0.400 e. The number of hydrogen-bond acceptors (Lipinski definition) is 9. The number of aromatic amines is 1. The van der Waals surface area contributed by atoms with E-state index in [9.17, 15) is 22.4 Å². The van der Waals surface area contributed by atoms with Crippen LogP contribution in [-0.2, 0) is 4.79 Å². The van der Waals surface area contributed by atoms with Gasteiger partial charge in [0, 0.05) is 63.0 Å². The van der Waals surface area contributed by atoms with E-state index in [1.54, 1.807) is 42.5 Å². The van der Waals surface area contributed by atoms with Crippen molar-refractivity contribution >= 4 is 36.5 Å². The topological polar surface area (TPSA) is 156 Å². The third-order valence-electron chi connectivity index (χ3n) is 7.41. The lowest BCUT2D eigenvalue weighted by molar-refractivity contribution is -0.0980. The van der Waals surface area contributed by atoms with E-state index in [-0.39, 0.29) is 43.6 Å². The third-order valence-corrected chi connectivity index (χ3v) is 7.74. The quantitative estimate of drug-likeness (QED) is 0.112. The van der Waals surface area contributed by atoms with Gasteiger partial charge >= 0.3 is 6.55 Å². The summed E-state index contributed by atoms with van der Waals surface area (Å²) in [6.45, 7) is 8.59. The Morgan fingerprint density at radius 1 is 1.10 bits per heavy atom. The molecular formula is C34H46ClF4N9O3. The Labute approximate surface area is 300 Å². The molecule has 0 bridgehead atoms. The van der Waals surface area contributed by atoms with Gasteiger partial charge in [-0.1, -0.05) is 57.5 Å². The molecular weight excluding hydrogens is 694 g/mol. The number of likely N-dealkylation sites (tertiary alicyclic amines) is 1. The number of carbonyl (C=O) groups excluding carboxylic acids is 2. The highest BCUT2D eigenvalue weighted by molar-refractivity contribution is 6.33. The maximum atomic E-state index is 14.0. The number of halogens is 5. The molecule has 2 aromatic carbocycles. The second-order valence-corrected chi connectivity index (χ2v) is 13.5. The highest BCUT2D eigenvalue weighted by Crippen LogP contribution is 2.34. The Kier molecular flexibility index (Phi) is 16.6. The Morgan fingerprint density at radius 3 is 2.20 bits per heavy atom. The van der Waals surface area contributed by atoms with Crippen molar-refractivity contribution < 1.29 is 32.3 Å². The molecule has 1 saturated heterocycles. The van der Waals surface area contributed by atoms with E-state index in [0.29, 0.717) is 38.0 Å². The summed E-state index contributed by atoms with van der Waals surface area (Å²) in [5, 5.41) is 18.5. The predicted octanol–water partition coefficient (Wildman–Crippen LogP) is 5.53. The second-order valence-electron chi connectivity index (χ2n) is 13.1. The van der Waals surface area contributed by atoms with Crippen molar-refractivity contribution in [2.45, 2.75) is 52.6 Å². The van der Waals surface area contributed by atoms with E-state index in [4.69, 9.17) is 27.2 Å². The first kappa shape index (κ1) is 42.8. The van der Waals surface area contributed by atoms with E-state index < -0.39 is 30.8 Å². The summed E-state index contributed by atoms with van der Waals surface area (Å²) in [4.78, 5) is 33.4. The lowest BCUT2D eigenvalue weighted by atomic mass is 9.95. The number of benzene rings is 2. The summed E-state index contributed by atoms with van der Waals surface area (Å²) in [6, 6.07) is 10.9. The molecule has 1 amide bonds. The number of hydrazone groups is 1. The molecule has 2 aliphatic heterocycles. The number of nitrogens with one attached hydrogen (secondary N) is 1. The van der Waals surface area contributed by atoms with Crippen LogP contribution in [0.5, 0.6) is 0 Å². The van der Waals surface area contributed by atoms with Crippen molar-refractivity contribution in [1.29, 1.82) is 0 Å². The van der Waals surface area contributed by atoms with E-state index in [1.165, 1.54) is 24.5 Å². The van der Waals surface area contributed by atoms with E-state index in [0.717, 1.165) is 7.11 Å². The smallest absolute Gasteiger partial charge is 0.329 e. The number of guanidine groups is 1. The summed E-state index contributed by atoms with van der Waals surface area (Å²) in [5.74, 6) is -1.26. The number of aliphatic hydroxyl groups excluding tert-OH is 1. The van der Waals surface area contributed by atoms with Gasteiger partial charge in [0.2, 0.25) is 6.43 Å². The standard InChI is InChI=1S/C27H28ClF4N9O.C5H12.CH4O.CH2O/c1-34-27(33)41(25(42)16-4-2-15(3-5-16)18-9-37-40(12-18)26(31)32)22(13-39-10-19(11-39)23(29)30)17-6-7-21(28)20(8-17)24-35-14-36-38-24;1-5(2,3)4;2*1-2/h2-9,14,18-19,22-23,26H,10-13H2,1H3,(H2,33,34)(H,35,36,38);1-4H3;2H,1H3;1H2. The second kappa shape index (κ2) is 19.8. The number of rotatable bonds is 9. The van der Waals surface area contributed by atoms with Crippen molar-refractivity contribution in [3.05, 3.63) is 70.5 Å². The Bertz CT molecular complexity index is 1560. The maximum absolute atomic E-state index is 14.0. The molecule has 5 rings (SSSR count). The molecule has 0 radical (unpaired) electrons. The minimum atomic E-state index is -2.70. The first-order valence-corrected chi connectivity index (χ1v) is 16.2. The number of amides is 1. The summed E-state index contributed by atoms with van der Waals surface area (Å²) < 4.78 is 52.5. The van der Waals surface area contributed by atoms with Gasteiger partial charge in [-0.05, 0) is 40.8 Å². The van der Waals surface area contributed by atoms with Gasteiger partial charge in [-0.2, -0.15) is 19.0 Å². The minimum absolute atomic E-state index is 0.0220. The molecule has 1 fully saturated rings. The maximum Gasteiger partial charge on any atom is 0.329 e. The molecule has 12 nitrogen and oxygen atoms in total. The van der Waals surface area contributed by atoms with Gasteiger partial charge in [-0.15, -0.1) is 0 Å². The van der Waals surface area contributed by atoms with Gasteiger partial charge in [0.05, 0.1) is 17.6 Å². The van der Waals surface area contributed by atoms with E-state index >= 15 is 0 Å². The first-order chi connectivity index (χ1) is 24.2. The summed E-state index contributed by atoms with van der Waals surface area (Å²) in [5.41, 5.74) is 8.95. The normalized spacial score (nSPS) is 16.7. The average Bonchev–Trinajstić information content (AvgIpc) is 3.80. The molecule has 3 aromatic rings. The molecule has 3 heterocycles. The van der Waals surface area contributed by atoms with Crippen LogP contribution in [0.15, 0.2) is 58.9 Å². The Morgan fingerprint density at radius 2 is 1.71 bits per heavy atom. The van der Waals surface area contributed by atoms with Gasteiger partial charge in [0.1, 0.15) is 13.1 Å². The summed E-state index contributed by atoms with van der Waals surface area (Å²) in [7, 11) is 2.45. The van der Waals surface area contributed by atoms with Crippen LogP contribution >= 0.6 is 11.6 Å². The number of nitrogens with zero attached hydrogens (tertiary/aromatic N) is 7. The third kappa shape index (κ3) is 12.1. The molecule has 0 saturated carbocycles. The van der Waals surface area contributed by atoms with Gasteiger partial charge < -0.3 is 15.6 Å². The van der Waals surface area contributed by atoms with Crippen LogP contribution < -0.4 is 5.73 Å². The van der Waals surface area contributed by atoms with Crippen molar-refractivity contribution in [2.24, 2.45) is 27.2 Å². The lowest BCUT2D eigenvalue weighted by Crippen LogP contribution is -2.55. The monoisotopic (exact) mass is 739 g/mol. The molecule has 2 aliphatic rings. The lowest BCUT2D eigenvalue weighted by Gasteiger charge is -2.43. The number of nitrogens with two attached hydrogens (primary N) is 1. The molecule has 2 unspecified atom stereocenters. The van der Waals surface area contributed by atoms with Crippen LogP contribution in [0.25, 0.3) is 11.4 Å². The largest absolute Gasteiger partial charge is 0.400 e. The molecule has 17 heteroatoms. The highest BCUT2D eigenvalue weighted by Gasteiger charge is 2.38. The van der Waals surface area contributed by atoms with Crippen molar-refractivity contribution in [1.82, 2.24) is 30.0 Å². The van der Waals surface area contributed by atoms with Crippen LogP contribution in [0.1, 0.15) is 61.1 Å². The van der Waals surface area contributed by atoms with Crippen molar-refractivity contribution in [2.75, 3.05) is 40.3 Å². The molecule has 51 heavy (non-hydrogen) atoms. The van der Waals surface area contributed by atoms with Crippen LogP contribution in [0, 0.1) is 11.3 Å². The summed E-state index contributed by atoms with van der Waals surface area (Å²) in [6.07, 6.45) is 0.341. The van der Waals surface area contributed by atoms with Gasteiger partial charge in [-0.25, -0.2) is 18.8 Å². The SMILES string of the molecule is C=O.CC(C)(C)C.CN=C(N)N(C(=O)c1ccc(C2C=NN(C(F)F)C2)cc1)C(CN1CC(C(F)F)C1)c1ccc(Cl)c(-c2ncn[nH]2)c1.CO. The van der Waals surface area contributed by atoms with Crippen LogP contribution in [0.3, 0.4) is 0 Å². The Hall–Kier alpha value is -4.41. The zero-order valence-corrected chi connectivity index (χ0v) is 30.2. The molecule has 4 N–H and O–H groups in total. The van der Waals surface area contributed by atoms with Crippen LogP contribution in [0.2, 0.25) is 5.02 Å². The number of hydrogen-bond donors (Lipinski definition) is 3. The van der Waals surface area contributed by atoms with Gasteiger partial charge in [-0.3, -0.25) is 24.7 Å². The number of H-pyrrole nitrogens is 1. The predicted molar refractivity (Wildman–Crippen MR) is 190 cm³/mol. The highest BCUT2D eigenvalue weighted by atomic mass is 35.5. The van der Waals surface area contributed by atoms with E-state index in [1.807, 2.05) is 11.7 Å². The van der Waals surface area contributed by atoms with Gasteiger partial charge in [0.15, 0.2) is 11.8 Å². The number of aliphatic imine (C=N–C) groups is 1. The fourth-order valence-electron chi connectivity index (χ4n) is 5.07. The Balaban J connectivity index is 0.000000908.